The molecule has 0 heterocycles. The molecule has 0 radical (unpaired) electrons. The number of nitrogens with zero attached hydrogens (tertiary/aromatic N) is 1. The van der Waals surface area contributed by atoms with Crippen molar-refractivity contribution in [3.63, 3.8) is 0 Å². The van der Waals surface area contributed by atoms with Crippen LogP contribution in [0.3, 0.4) is 0 Å². The lowest BCUT2D eigenvalue weighted by Crippen LogP contribution is -2.47. The molecule has 1 rings (SSSR count). The molecule has 0 aromatic rings. The number of amides is 1. The van der Waals surface area contributed by atoms with Gasteiger partial charge in [-0.25, -0.2) is 0 Å². The van der Waals surface area contributed by atoms with Crippen LogP contribution in [-0.2, 0) is 4.79 Å². The molecule has 1 aliphatic rings. The third kappa shape index (κ3) is 5.49. The molecule has 4 heteroatoms. The molecular formula is C15H31N3O. The maximum absolute atomic E-state index is 12.3. The summed E-state index contributed by atoms with van der Waals surface area (Å²) in [4.78, 5) is 14.7. The SMILES string of the molecule is CCN(CC)CC(C)NC(=O)C1CCCCCC1N. The Morgan fingerprint density at radius 3 is 2.53 bits per heavy atom. The van der Waals surface area contributed by atoms with Gasteiger partial charge in [0.25, 0.3) is 0 Å². The van der Waals surface area contributed by atoms with Gasteiger partial charge < -0.3 is 16.0 Å². The van der Waals surface area contributed by atoms with Gasteiger partial charge in [-0.15, -0.1) is 0 Å². The molecule has 112 valence electrons. The minimum Gasteiger partial charge on any atom is -0.352 e. The zero-order valence-electron chi connectivity index (χ0n) is 12.8. The van der Waals surface area contributed by atoms with Crippen LogP contribution in [0.1, 0.15) is 52.9 Å². The van der Waals surface area contributed by atoms with E-state index in [0.29, 0.717) is 0 Å². The second kappa shape index (κ2) is 8.54. The number of likely N-dealkylation sites (N-methyl/N-ethyl adjacent to an activating group) is 1. The quantitative estimate of drug-likeness (QED) is 0.722. The van der Waals surface area contributed by atoms with Crippen LogP contribution >= 0.6 is 0 Å². The topological polar surface area (TPSA) is 58.4 Å². The minimum absolute atomic E-state index is 0.0154. The van der Waals surface area contributed by atoms with Gasteiger partial charge in [0, 0.05) is 18.6 Å². The first kappa shape index (κ1) is 16.4. The highest BCUT2D eigenvalue weighted by atomic mass is 16.2. The number of carbonyl (C=O) groups excluding carboxylic acids is 1. The Bertz CT molecular complexity index is 266. The predicted octanol–water partition coefficient (Wildman–Crippen LogP) is 1.74. The van der Waals surface area contributed by atoms with Crippen molar-refractivity contribution in [2.75, 3.05) is 19.6 Å². The number of hydrogen-bond acceptors (Lipinski definition) is 3. The lowest BCUT2D eigenvalue weighted by Gasteiger charge is -2.26. The normalized spacial score (nSPS) is 25.9. The van der Waals surface area contributed by atoms with Crippen LogP contribution in [0.4, 0.5) is 0 Å². The van der Waals surface area contributed by atoms with Gasteiger partial charge in [-0.05, 0) is 32.9 Å². The Kier molecular flexibility index (Phi) is 7.39. The highest BCUT2D eigenvalue weighted by molar-refractivity contribution is 5.79. The van der Waals surface area contributed by atoms with E-state index in [1.807, 2.05) is 0 Å². The Morgan fingerprint density at radius 1 is 1.26 bits per heavy atom. The van der Waals surface area contributed by atoms with E-state index in [9.17, 15) is 4.79 Å². The molecule has 0 spiro atoms. The summed E-state index contributed by atoms with van der Waals surface area (Å²) in [6.45, 7) is 9.36. The monoisotopic (exact) mass is 269 g/mol. The molecule has 1 amide bonds. The fraction of sp³-hybridized carbons (Fsp3) is 0.933. The predicted molar refractivity (Wildman–Crippen MR) is 79.9 cm³/mol. The molecule has 0 aromatic carbocycles. The molecule has 0 aliphatic heterocycles. The van der Waals surface area contributed by atoms with Gasteiger partial charge in [0.2, 0.25) is 5.91 Å². The lowest BCUT2D eigenvalue weighted by atomic mass is 9.94. The summed E-state index contributed by atoms with van der Waals surface area (Å²) in [7, 11) is 0. The van der Waals surface area contributed by atoms with Gasteiger partial charge in [0.05, 0.1) is 5.92 Å². The van der Waals surface area contributed by atoms with Crippen LogP contribution in [0.2, 0.25) is 0 Å². The number of hydrogen-bond donors (Lipinski definition) is 2. The van der Waals surface area contributed by atoms with Crippen molar-refractivity contribution < 1.29 is 4.79 Å². The molecule has 1 saturated carbocycles. The van der Waals surface area contributed by atoms with Crippen LogP contribution < -0.4 is 11.1 Å². The van der Waals surface area contributed by atoms with Gasteiger partial charge >= 0.3 is 0 Å². The molecule has 19 heavy (non-hydrogen) atoms. The van der Waals surface area contributed by atoms with E-state index < -0.39 is 0 Å². The largest absolute Gasteiger partial charge is 0.352 e. The first-order chi connectivity index (χ1) is 9.08. The molecule has 4 nitrogen and oxygen atoms in total. The van der Waals surface area contributed by atoms with Crippen LogP contribution in [0.15, 0.2) is 0 Å². The van der Waals surface area contributed by atoms with Gasteiger partial charge in [-0.1, -0.05) is 33.1 Å². The Balaban J connectivity index is 2.43. The Hall–Kier alpha value is -0.610. The first-order valence-corrected chi connectivity index (χ1v) is 7.86. The summed E-state index contributed by atoms with van der Waals surface area (Å²) in [5.41, 5.74) is 6.14. The third-order valence-corrected chi connectivity index (χ3v) is 4.22. The molecule has 3 atom stereocenters. The molecule has 0 saturated heterocycles. The van der Waals surface area contributed by atoms with E-state index in [1.54, 1.807) is 0 Å². The van der Waals surface area contributed by atoms with Crippen molar-refractivity contribution in [2.24, 2.45) is 11.7 Å². The second-order valence-corrected chi connectivity index (χ2v) is 5.80. The van der Waals surface area contributed by atoms with Crippen LogP contribution in [0.5, 0.6) is 0 Å². The average molecular weight is 269 g/mol. The Morgan fingerprint density at radius 2 is 1.89 bits per heavy atom. The van der Waals surface area contributed by atoms with Crippen molar-refractivity contribution in [2.45, 2.75) is 65.0 Å². The van der Waals surface area contributed by atoms with Crippen molar-refractivity contribution in [1.29, 1.82) is 0 Å². The Labute approximate surface area is 118 Å². The smallest absolute Gasteiger partial charge is 0.224 e. The number of nitrogens with one attached hydrogen (secondary N) is 1. The van der Waals surface area contributed by atoms with E-state index in [-0.39, 0.29) is 23.9 Å². The number of carbonyl (C=O) groups is 1. The van der Waals surface area contributed by atoms with Crippen LogP contribution in [-0.4, -0.2) is 42.5 Å². The summed E-state index contributed by atoms with van der Waals surface area (Å²) in [6, 6.07) is 0.242. The maximum atomic E-state index is 12.3. The fourth-order valence-electron chi connectivity index (χ4n) is 2.93. The minimum atomic E-state index is 0.0154. The summed E-state index contributed by atoms with van der Waals surface area (Å²) >= 11 is 0. The number of rotatable bonds is 6. The molecule has 3 N–H and O–H groups in total. The van der Waals surface area contributed by atoms with Crippen LogP contribution in [0.25, 0.3) is 0 Å². The zero-order valence-corrected chi connectivity index (χ0v) is 12.8. The summed E-state index contributed by atoms with van der Waals surface area (Å²) in [5, 5.41) is 3.15. The third-order valence-electron chi connectivity index (χ3n) is 4.22. The van der Waals surface area contributed by atoms with Gasteiger partial charge in [0.1, 0.15) is 0 Å². The molecule has 1 fully saturated rings. The summed E-state index contributed by atoms with van der Waals surface area (Å²) in [6.07, 6.45) is 5.45. The van der Waals surface area contributed by atoms with Crippen molar-refractivity contribution >= 4 is 5.91 Å². The van der Waals surface area contributed by atoms with E-state index in [2.05, 4.69) is 31.0 Å². The van der Waals surface area contributed by atoms with Crippen molar-refractivity contribution in [3.05, 3.63) is 0 Å². The summed E-state index contributed by atoms with van der Waals surface area (Å²) in [5.74, 6) is 0.177. The number of nitrogens with two attached hydrogens (primary N) is 1. The van der Waals surface area contributed by atoms with Gasteiger partial charge in [-0.3, -0.25) is 4.79 Å². The van der Waals surface area contributed by atoms with Gasteiger partial charge in [0.15, 0.2) is 0 Å². The second-order valence-electron chi connectivity index (χ2n) is 5.80. The molecule has 0 bridgehead atoms. The highest BCUT2D eigenvalue weighted by Crippen LogP contribution is 2.22. The first-order valence-electron chi connectivity index (χ1n) is 7.86. The molecule has 3 unspecified atom stereocenters. The van der Waals surface area contributed by atoms with Crippen molar-refractivity contribution in [1.82, 2.24) is 10.2 Å². The van der Waals surface area contributed by atoms with E-state index in [4.69, 9.17) is 5.73 Å². The zero-order chi connectivity index (χ0) is 14.3. The van der Waals surface area contributed by atoms with E-state index in [0.717, 1.165) is 38.9 Å². The van der Waals surface area contributed by atoms with E-state index in [1.165, 1.54) is 12.8 Å². The summed E-state index contributed by atoms with van der Waals surface area (Å²) < 4.78 is 0. The fourth-order valence-corrected chi connectivity index (χ4v) is 2.93. The van der Waals surface area contributed by atoms with Gasteiger partial charge in [-0.2, -0.15) is 0 Å². The van der Waals surface area contributed by atoms with Crippen molar-refractivity contribution in [3.8, 4) is 0 Å². The van der Waals surface area contributed by atoms with Crippen LogP contribution in [0, 0.1) is 5.92 Å². The molecular weight excluding hydrogens is 238 g/mol. The standard InChI is InChI=1S/C15H31N3O/c1-4-18(5-2)11-12(3)17-15(19)13-9-7-6-8-10-14(13)16/h12-14H,4-11,16H2,1-3H3,(H,17,19). The molecule has 1 aliphatic carbocycles. The maximum Gasteiger partial charge on any atom is 0.224 e. The average Bonchev–Trinajstić information content (AvgIpc) is 2.60. The lowest BCUT2D eigenvalue weighted by molar-refractivity contribution is -0.126. The molecule has 0 aromatic heterocycles. The van der Waals surface area contributed by atoms with E-state index >= 15 is 0 Å². The highest BCUT2D eigenvalue weighted by Gasteiger charge is 2.27.